The molecule has 0 atom stereocenters. The highest BCUT2D eigenvalue weighted by Gasteiger charge is 2.28. The zero-order valence-corrected chi connectivity index (χ0v) is 19.0. The summed E-state index contributed by atoms with van der Waals surface area (Å²) in [6.45, 7) is 1.39. The molecule has 2 aromatic carbocycles. The van der Waals surface area contributed by atoms with Gasteiger partial charge >= 0.3 is 0 Å². The molecule has 168 valence electrons. The minimum atomic E-state index is -3.78. The van der Waals surface area contributed by atoms with Crippen molar-refractivity contribution < 1.29 is 22.3 Å². The molecule has 2 aromatic rings. The number of halogens is 2. The molecule has 31 heavy (non-hydrogen) atoms. The Bertz CT molecular complexity index is 1010. The van der Waals surface area contributed by atoms with Crippen LogP contribution in [0.25, 0.3) is 0 Å². The van der Waals surface area contributed by atoms with Gasteiger partial charge in [0.15, 0.2) is 0 Å². The minimum absolute atomic E-state index is 0.0436. The molecule has 1 aliphatic heterocycles. The fraction of sp³-hybridized carbons (Fsp3) is 0.409. The van der Waals surface area contributed by atoms with Crippen LogP contribution in [0.2, 0.25) is 5.02 Å². The summed E-state index contributed by atoms with van der Waals surface area (Å²) < 4.78 is 46.2. The van der Waals surface area contributed by atoms with E-state index in [1.54, 1.807) is 7.05 Å². The summed E-state index contributed by atoms with van der Waals surface area (Å²) in [5, 5.41) is 0.100. The summed E-state index contributed by atoms with van der Waals surface area (Å²) in [6.07, 6.45) is 3.63. The maximum Gasteiger partial charge on any atom is 0.253 e. The highest BCUT2D eigenvalue weighted by molar-refractivity contribution is 7.89. The third kappa shape index (κ3) is 5.96. The monoisotopic (exact) mass is 468 g/mol. The maximum absolute atomic E-state index is 13.1. The number of nitrogens with zero attached hydrogens (tertiary/aromatic N) is 2. The number of sulfonamides is 1. The van der Waals surface area contributed by atoms with Crippen LogP contribution in [0.5, 0.6) is 5.75 Å². The molecule has 0 N–H and O–H groups in total. The number of rotatable bonds is 7. The van der Waals surface area contributed by atoms with Crippen LogP contribution in [0.3, 0.4) is 0 Å². The van der Waals surface area contributed by atoms with Crippen molar-refractivity contribution in [1.29, 1.82) is 0 Å². The van der Waals surface area contributed by atoms with Gasteiger partial charge in [-0.25, -0.2) is 12.8 Å². The van der Waals surface area contributed by atoms with Crippen molar-refractivity contribution in [2.24, 2.45) is 0 Å². The summed E-state index contributed by atoms with van der Waals surface area (Å²) in [4.78, 5) is 14.2. The van der Waals surface area contributed by atoms with Crippen LogP contribution in [-0.4, -0.2) is 56.8 Å². The number of carbonyl (C=O) groups is 1. The SMILES string of the molecule is CN(CCOc1ccc(F)cc1)C(=O)c1ccc(Cl)c(S(=O)(=O)N2CCCCCC2)c1. The van der Waals surface area contributed by atoms with Gasteiger partial charge in [-0.1, -0.05) is 24.4 Å². The van der Waals surface area contributed by atoms with Crippen molar-refractivity contribution in [1.82, 2.24) is 9.21 Å². The Morgan fingerprint density at radius 1 is 1.10 bits per heavy atom. The van der Waals surface area contributed by atoms with Gasteiger partial charge in [0.1, 0.15) is 23.1 Å². The molecular weight excluding hydrogens is 443 g/mol. The van der Waals surface area contributed by atoms with E-state index in [1.165, 1.54) is 51.7 Å². The van der Waals surface area contributed by atoms with E-state index in [9.17, 15) is 17.6 Å². The molecule has 1 amide bonds. The molecule has 1 saturated heterocycles. The number of hydrogen-bond acceptors (Lipinski definition) is 4. The number of likely N-dealkylation sites (N-methyl/N-ethyl adjacent to an activating group) is 1. The zero-order chi connectivity index (χ0) is 22.4. The topological polar surface area (TPSA) is 66.9 Å². The lowest BCUT2D eigenvalue weighted by atomic mass is 10.2. The Kier molecular flexibility index (Phi) is 7.91. The van der Waals surface area contributed by atoms with E-state index in [-0.39, 0.29) is 40.4 Å². The highest BCUT2D eigenvalue weighted by atomic mass is 35.5. The summed E-state index contributed by atoms with van der Waals surface area (Å²) in [7, 11) is -2.17. The van der Waals surface area contributed by atoms with Crippen LogP contribution in [0.15, 0.2) is 47.4 Å². The molecule has 1 fully saturated rings. The predicted molar refractivity (Wildman–Crippen MR) is 118 cm³/mol. The molecule has 0 aliphatic carbocycles. The van der Waals surface area contributed by atoms with Crippen molar-refractivity contribution in [3.8, 4) is 5.75 Å². The number of carbonyl (C=O) groups excluding carboxylic acids is 1. The molecule has 3 rings (SSSR count). The fourth-order valence-corrected chi connectivity index (χ4v) is 5.43. The Morgan fingerprint density at radius 2 is 1.74 bits per heavy atom. The minimum Gasteiger partial charge on any atom is -0.492 e. The van der Waals surface area contributed by atoms with Gasteiger partial charge < -0.3 is 9.64 Å². The highest BCUT2D eigenvalue weighted by Crippen LogP contribution is 2.28. The summed E-state index contributed by atoms with van der Waals surface area (Å²) in [5.41, 5.74) is 0.238. The third-order valence-electron chi connectivity index (χ3n) is 5.22. The summed E-state index contributed by atoms with van der Waals surface area (Å²) in [6, 6.07) is 9.93. The Labute approximate surface area is 187 Å². The molecule has 0 bridgehead atoms. The van der Waals surface area contributed by atoms with E-state index in [1.807, 2.05) is 0 Å². The van der Waals surface area contributed by atoms with Crippen molar-refractivity contribution in [3.63, 3.8) is 0 Å². The first-order chi connectivity index (χ1) is 14.8. The molecule has 9 heteroatoms. The van der Waals surface area contributed by atoms with Crippen LogP contribution in [-0.2, 0) is 10.0 Å². The average Bonchev–Trinajstić information content (AvgIpc) is 3.05. The zero-order valence-electron chi connectivity index (χ0n) is 17.4. The lowest BCUT2D eigenvalue weighted by Gasteiger charge is -2.22. The quantitative estimate of drug-likeness (QED) is 0.611. The second-order valence-corrected chi connectivity index (χ2v) is 9.81. The van der Waals surface area contributed by atoms with Gasteiger partial charge in [0.05, 0.1) is 11.6 Å². The van der Waals surface area contributed by atoms with E-state index >= 15 is 0 Å². The van der Waals surface area contributed by atoms with Crippen LogP contribution in [0, 0.1) is 5.82 Å². The second-order valence-electron chi connectivity index (χ2n) is 7.49. The Balaban J connectivity index is 1.69. The van der Waals surface area contributed by atoms with Gasteiger partial charge in [0.25, 0.3) is 5.91 Å². The van der Waals surface area contributed by atoms with Crippen molar-refractivity contribution >= 4 is 27.5 Å². The molecule has 0 spiro atoms. The molecule has 1 heterocycles. The average molecular weight is 469 g/mol. The number of amides is 1. The van der Waals surface area contributed by atoms with Gasteiger partial charge in [0.2, 0.25) is 10.0 Å². The van der Waals surface area contributed by atoms with Gasteiger partial charge in [0, 0.05) is 25.7 Å². The third-order valence-corrected chi connectivity index (χ3v) is 7.60. The summed E-state index contributed by atoms with van der Waals surface area (Å²) >= 11 is 6.21. The molecule has 0 aromatic heterocycles. The van der Waals surface area contributed by atoms with Gasteiger partial charge in [-0.3, -0.25) is 4.79 Å². The standard InChI is InChI=1S/C22H26ClFN2O4S/c1-25(14-15-30-19-9-7-18(24)8-10-19)22(27)17-6-11-20(23)21(16-17)31(28,29)26-12-4-2-3-5-13-26/h6-11,16H,2-5,12-15H2,1H3. The van der Waals surface area contributed by atoms with Crippen LogP contribution < -0.4 is 4.74 Å². The Morgan fingerprint density at radius 3 is 2.39 bits per heavy atom. The van der Waals surface area contributed by atoms with Crippen molar-refractivity contribution in [2.45, 2.75) is 30.6 Å². The van der Waals surface area contributed by atoms with E-state index in [0.717, 1.165) is 25.7 Å². The van der Waals surface area contributed by atoms with Gasteiger partial charge in [-0.15, -0.1) is 0 Å². The fourth-order valence-electron chi connectivity index (χ4n) is 3.41. The number of hydrogen-bond donors (Lipinski definition) is 0. The van der Waals surface area contributed by atoms with Crippen LogP contribution >= 0.6 is 11.6 Å². The largest absolute Gasteiger partial charge is 0.492 e. The first kappa shape index (κ1) is 23.5. The predicted octanol–water partition coefficient (Wildman–Crippen LogP) is 4.19. The lowest BCUT2D eigenvalue weighted by molar-refractivity contribution is 0.0773. The van der Waals surface area contributed by atoms with Crippen molar-refractivity contribution in [3.05, 3.63) is 58.9 Å². The molecule has 0 unspecified atom stereocenters. The molecule has 6 nitrogen and oxygen atoms in total. The Hall–Kier alpha value is -2.16. The van der Waals surface area contributed by atoms with Gasteiger partial charge in [-0.2, -0.15) is 4.31 Å². The summed E-state index contributed by atoms with van der Waals surface area (Å²) in [5.74, 6) is -0.195. The van der Waals surface area contributed by atoms with Crippen molar-refractivity contribution in [2.75, 3.05) is 33.3 Å². The van der Waals surface area contributed by atoms with E-state index in [0.29, 0.717) is 18.8 Å². The van der Waals surface area contributed by atoms with E-state index < -0.39 is 10.0 Å². The molecule has 0 saturated carbocycles. The van der Waals surface area contributed by atoms with Crippen LogP contribution in [0.1, 0.15) is 36.0 Å². The smallest absolute Gasteiger partial charge is 0.253 e. The second kappa shape index (κ2) is 10.4. The number of ether oxygens (including phenoxy) is 1. The molecule has 0 radical (unpaired) electrons. The van der Waals surface area contributed by atoms with Gasteiger partial charge in [-0.05, 0) is 55.3 Å². The lowest BCUT2D eigenvalue weighted by Crippen LogP contribution is -2.33. The van der Waals surface area contributed by atoms with E-state index in [2.05, 4.69) is 0 Å². The first-order valence-electron chi connectivity index (χ1n) is 10.2. The normalized spacial score (nSPS) is 15.3. The molecular formula is C22H26ClFN2O4S. The first-order valence-corrected chi connectivity index (χ1v) is 12.0. The number of benzene rings is 2. The molecule has 1 aliphatic rings. The van der Waals surface area contributed by atoms with Crippen LogP contribution in [0.4, 0.5) is 4.39 Å². The maximum atomic E-state index is 13.1. The van der Waals surface area contributed by atoms with E-state index in [4.69, 9.17) is 16.3 Å².